The third-order valence-electron chi connectivity index (χ3n) is 4.46. The molecule has 1 aromatic carbocycles. The number of thiazole rings is 1. The zero-order valence-electron chi connectivity index (χ0n) is 15.6. The number of anilines is 3. The van der Waals surface area contributed by atoms with Gasteiger partial charge in [-0.3, -0.25) is 4.79 Å². The highest BCUT2D eigenvalue weighted by molar-refractivity contribution is 7.17. The quantitative estimate of drug-likeness (QED) is 0.477. The lowest BCUT2D eigenvalue weighted by atomic mass is 10.1. The van der Waals surface area contributed by atoms with Gasteiger partial charge < -0.3 is 15.7 Å². The molecular weight excluding hydrogens is 374 g/mol. The predicted octanol–water partition coefficient (Wildman–Crippen LogP) is 4.42. The topological polar surface area (TPSA) is 91.5 Å². The number of rotatable bonds is 4. The zero-order valence-corrected chi connectivity index (χ0v) is 16.5. The fraction of sp³-hybridized carbons (Fsp3) is 0.150. The van der Waals surface area contributed by atoms with Crippen molar-refractivity contribution in [2.75, 3.05) is 10.6 Å². The number of amides is 1. The monoisotopic (exact) mass is 393 g/mol. The van der Waals surface area contributed by atoms with Crippen molar-refractivity contribution in [1.82, 2.24) is 14.6 Å². The van der Waals surface area contributed by atoms with E-state index in [1.165, 1.54) is 17.5 Å². The van der Waals surface area contributed by atoms with E-state index in [0.717, 1.165) is 16.6 Å². The summed E-state index contributed by atoms with van der Waals surface area (Å²) in [6, 6.07) is 9.32. The lowest BCUT2D eigenvalue weighted by molar-refractivity contribution is 0.103. The number of aryl methyl sites for hydroxylation is 2. The summed E-state index contributed by atoms with van der Waals surface area (Å²) in [4.78, 5) is 17.3. The zero-order chi connectivity index (χ0) is 19.8. The lowest BCUT2D eigenvalue weighted by Crippen LogP contribution is -2.12. The molecule has 3 N–H and O–H groups in total. The van der Waals surface area contributed by atoms with Crippen molar-refractivity contribution in [3.05, 3.63) is 64.3 Å². The van der Waals surface area contributed by atoms with E-state index >= 15 is 0 Å². The van der Waals surface area contributed by atoms with Crippen LogP contribution in [0.2, 0.25) is 0 Å². The Kier molecular flexibility index (Phi) is 4.48. The molecule has 8 heteroatoms. The maximum absolute atomic E-state index is 12.6. The minimum atomic E-state index is -0.270. The van der Waals surface area contributed by atoms with Crippen LogP contribution in [-0.2, 0) is 0 Å². The normalized spacial score (nSPS) is 11.0. The second kappa shape index (κ2) is 6.97. The van der Waals surface area contributed by atoms with Crippen LogP contribution in [0.5, 0.6) is 5.75 Å². The first kappa shape index (κ1) is 18.0. The minimum absolute atomic E-state index is 0.148. The molecule has 28 heavy (non-hydrogen) atoms. The summed E-state index contributed by atoms with van der Waals surface area (Å²) in [5, 5.41) is 20.9. The van der Waals surface area contributed by atoms with Crippen molar-refractivity contribution in [1.29, 1.82) is 0 Å². The molecular formula is C20H19N5O2S. The molecule has 4 aromatic rings. The van der Waals surface area contributed by atoms with Crippen molar-refractivity contribution in [3.8, 4) is 5.75 Å². The Morgan fingerprint density at radius 3 is 2.82 bits per heavy atom. The molecule has 0 spiro atoms. The van der Waals surface area contributed by atoms with E-state index in [4.69, 9.17) is 0 Å². The SMILES string of the molecule is Cc1ccc2cc(Nc3ncc(C(=O)Nc4c(C)ccc(O)c4C)s3)nn2c1. The Morgan fingerprint density at radius 1 is 1.18 bits per heavy atom. The van der Waals surface area contributed by atoms with Crippen molar-refractivity contribution in [2.24, 2.45) is 0 Å². The standard InChI is InChI=1S/C20H19N5O2S/c1-11-4-6-14-8-17(24-25(14)10-11)22-20-21-9-16(28-20)19(27)23-18-12(2)5-7-15(26)13(18)3/h4-10,26H,1-3H3,(H,23,27)(H,21,22,24). The molecule has 0 saturated heterocycles. The number of phenols is 1. The number of hydrogen-bond acceptors (Lipinski definition) is 6. The van der Waals surface area contributed by atoms with Crippen LogP contribution in [0.1, 0.15) is 26.4 Å². The van der Waals surface area contributed by atoms with Crippen LogP contribution < -0.4 is 10.6 Å². The summed E-state index contributed by atoms with van der Waals surface area (Å²) in [6.45, 7) is 5.66. The number of aromatic nitrogens is 3. The van der Waals surface area contributed by atoms with Crippen LogP contribution in [0.3, 0.4) is 0 Å². The number of pyridine rings is 1. The first-order chi connectivity index (χ1) is 13.4. The van der Waals surface area contributed by atoms with Crippen molar-refractivity contribution in [3.63, 3.8) is 0 Å². The van der Waals surface area contributed by atoms with E-state index in [1.807, 2.05) is 38.2 Å². The summed E-state index contributed by atoms with van der Waals surface area (Å²) in [5.74, 6) is 0.536. The molecule has 0 aliphatic carbocycles. The fourth-order valence-corrected chi connectivity index (χ4v) is 3.62. The molecule has 0 bridgehead atoms. The highest BCUT2D eigenvalue weighted by Crippen LogP contribution is 2.29. The Labute approximate surface area is 165 Å². The molecule has 1 amide bonds. The van der Waals surface area contributed by atoms with E-state index in [2.05, 4.69) is 20.7 Å². The number of phenolic OH excluding ortho intramolecular Hbond substituents is 1. The first-order valence-electron chi connectivity index (χ1n) is 8.70. The molecule has 0 saturated carbocycles. The average molecular weight is 393 g/mol. The van der Waals surface area contributed by atoms with Gasteiger partial charge in [-0.2, -0.15) is 5.10 Å². The number of aromatic hydroxyl groups is 1. The van der Waals surface area contributed by atoms with E-state index in [9.17, 15) is 9.90 Å². The maximum atomic E-state index is 12.6. The van der Waals surface area contributed by atoms with Gasteiger partial charge in [-0.05, 0) is 44.0 Å². The van der Waals surface area contributed by atoms with Crippen LogP contribution in [0, 0.1) is 20.8 Å². The average Bonchev–Trinajstić information content (AvgIpc) is 3.28. The lowest BCUT2D eigenvalue weighted by Gasteiger charge is -2.11. The van der Waals surface area contributed by atoms with Gasteiger partial charge in [0.05, 0.1) is 17.4 Å². The van der Waals surface area contributed by atoms with Gasteiger partial charge in [0.2, 0.25) is 0 Å². The molecule has 0 atom stereocenters. The smallest absolute Gasteiger partial charge is 0.267 e. The summed E-state index contributed by atoms with van der Waals surface area (Å²) in [6.07, 6.45) is 3.47. The summed E-state index contributed by atoms with van der Waals surface area (Å²) < 4.78 is 1.80. The van der Waals surface area contributed by atoms with Gasteiger partial charge in [-0.15, -0.1) is 0 Å². The van der Waals surface area contributed by atoms with Gasteiger partial charge in [0.1, 0.15) is 10.6 Å². The molecule has 0 aliphatic rings. The predicted molar refractivity (Wildman–Crippen MR) is 111 cm³/mol. The Balaban J connectivity index is 1.52. The Bertz CT molecular complexity index is 1190. The van der Waals surface area contributed by atoms with E-state index in [0.29, 0.717) is 27.1 Å². The van der Waals surface area contributed by atoms with E-state index < -0.39 is 0 Å². The Hall–Kier alpha value is -3.39. The second-order valence-corrected chi connectivity index (χ2v) is 7.65. The van der Waals surface area contributed by atoms with Crippen LogP contribution in [0.15, 0.2) is 42.7 Å². The number of nitrogens with one attached hydrogen (secondary N) is 2. The third kappa shape index (κ3) is 3.41. The largest absolute Gasteiger partial charge is 0.508 e. The highest BCUT2D eigenvalue weighted by Gasteiger charge is 2.15. The third-order valence-corrected chi connectivity index (χ3v) is 5.37. The Morgan fingerprint density at radius 2 is 2.00 bits per heavy atom. The van der Waals surface area contributed by atoms with Crippen LogP contribution in [0.4, 0.5) is 16.6 Å². The summed E-state index contributed by atoms with van der Waals surface area (Å²) in [5.41, 5.74) is 4.22. The molecule has 0 aliphatic heterocycles. The van der Waals surface area contributed by atoms with Crippen molar-refractivity contribution >= 4 is 39.4 Å². The number of benzene rings is 1. The van der Waals surface area contributed by atoms with E-state index in [1.54, 1.807) is 23.6 Å². The van der Waals surface area contributed by atoms with Gasteiger partial charge >= 0.3 is 0 Å². The van der Waals surface area contributed by atoms with Crippen LogP contribution in [0.25, 0.3) is 5.52 Å². The van der Waals surface area contributed by atoms with Crippen molar-refractivity contribution in [2.45, 2.75) is 20.8 Å². The summed E-state index contributed by atoms with van der Waals surface area (Å²) >= 11 is 1.24. The molecule has 0 fully saturated rings. The number of carbonyl (C=O) groups is 1. The fourth-order valence-electron chi connectivity index (χ4n) is 2.90. The molecule has 0 radical (unpaired) electrons. The number of hydrogen-bond donors (Lipinski definition) is 3. The van der Waals surface area contributed by atoms with Gasteiger partial charge in [-0.1, -0.05) is 23.5 Å². The molecule has 4 rings (SSSR count). The minimum Gasteiger partial charge on any atom is -0.508 e. The molecule has 3 aromatic heterocycles. The van der Waals surface area contributed by atoms with Crippen molar-refractivity contribution < 1.29 is 9.90 Å². The van der Waals surface area contributed by atoms with Crippen LogP contribution in [-0.4, -0.2) is 25.6 Å². The van der Waals surface area contributed by atoms with E-state index in [-0.39, 0.29) is 11.7 Å². The number of carbonyl (C=O) groups excluding carboxylic acids is 1. The van der Waals surface area contributed by atoms with Gasteiger partial charge in [-0.25, -0.2) is 9.50 Å². The molecule has 0 unspecified atom stereocenters. The maximum Gasteiger partial charge on any atom is 0.267 e. The molecule has 142 valence electrons. The first-order valence-corrected chi connectivity index (χ1v) is 9.52. The number of fused-ring (bicyclic) bond motifs is 1. The second-order valence-electron chi connectivity index (χ2n) is 6.62. The molecule has 3 heterocycles. The summed E-state index contributed by atoms with van der Waals surface area (Å²) in [7, 11) is 0. The number of nitrogens with zero attached hydrogens (tertiary/aromatic N) is 3. The van der Waals surface area contributed by atoms with Gasteiger partial charge in [0.15, 0.2) is 10.9 Å². The van der Waals surface area contributed by atoms with Crippen LogP contribution >= 0.6 is 11.3 Å². The van der Waals surface area contributed by atoms with Gasteiger partial charge in [0, 0.05) is 17.8 Å². The van der Waals surface area contributed by atoms with Gasteiger partial charge in [0.25, 0.3) is 5.91 Å². The molecule has 7 nitrogen and oxygen atoms in total. The highest BCUT2D eigenvalue weighted by atomic mass is 32.1.